The second kappa shape index (κ2) is 5.52. The number of nitrogens with one attached hydrogen (secondary N) is 1. The molecule has 0 aromatic carbocycles. The normalized spacial score (nSPS) is 32.7. The molecule has 3 atom stereocenters. The number of rotatable bonds is 4. The molecule has 1 aromatic heterocycles. The van der Waals surface area contributed by atoms with E-state index in [2.05, 4.69) is 24.4 Å². The molecule has 18 heavy (non-hydrogen) atoms. The topological polar surface area (TPSA) is 12.0 Å². The Morgan fingerprint density at radius 1 is 1.28 bits per heavy atom. The van der Waals surface area contributed by atoms with Gasteiger partial charge in [-0.3, -0.25) is 0 Å². The minimum atomic E-state index is 0.734. The van der Waals surface area contributed by atoms with E-state index >= 15 is 0 Å². The van der Waals surface area contributed by atoms with Crippen LogP contribution in [0.5, 0.6) is 0 Å². The van der Waals surface area contributed by atoms with Crippen LogP contribution in [0, 0.1) is 11.8 Å². The highest BCUT2D eigenvalue weighted by molar-refractivity contribution is 7.16. The van der Waals surface area contributed by atoms with Crippen LogP contribution in [0.15, 0.2) is 12.1 Å². The van der Waals surface area contributed by atoms with Gasteiger partial charge in [0.2, 0.25) is 0 Å². The molecule has 1 heterocycles. The maximum atomic E-state index is 6.10. The quantitative estimate of drug-likeness (QED) is 0.846. The molecule has 0 saturated heterocycles. The van der Waals surface area contributed by atoms with E-state index in [-0.39, 0.29) is 0 Å². The van der Waals surface area contributed by atoms with Crippen molar-refractivity contribution in [3.8, 4) is 0 Å². The van der Waals surface area contributed by atoms with Crippen LogP contribution in [-0.2, 0) is 0 Å². The molecular weight excluding hydrogens is 262 g/mol. The second-order valence-corrected chi connectivity index (χ2v) is 7.86. The van der Waals surface area contributed by atoms with Crippen LogP contribution in [0.1, 0.15) is 49.8 Å². The molecule has 2 aliphatic carbocycles. The van der Waals surface area contributed by atoms with Gasteiger partial charge in [0.05, 0.1) is 4.34 Å². The smallest absolute Gasteiger partial charge is 0.0931 e. The molecule has 0 radical (unpaired) electrons. The predicted molar refractivity (Wildman–Crippen MR) is 79.6 cm³/mol. The van der Waals surface area contributed by atoms with Crippen LogP contribution in [0.2, 0.25) is 4.34 Å². The summed E-state index contributed by atoms with van der Waals surface area (Å²) < 4.78 is 0.942. The summed E-state index contributed by atoms with van der Waals surface area (Å²) in [7, 11) is 0. The largest absolute Gasteiger partial charge is 0.314 e. The molecule has 1 N–H and O–H groups in total. The third kappa shape index (κ3) is 3.09. The van der Waals surface area contributed by atoms with E-state index in [1.165, 1.54) is 43.5 Å². The molecule has 1 nitrogen and oxygen atoms in total. The van der Waals surface area contributed by atoms with Crippen LogP contribution >= 0.6 is 22.9 Å². The van der Waals surface area contributed by atoms with Crippen LogP contribution in [0.25, 0.3) is 0 Å². The third-order valence-electron chi connectivity index (χ3n) is 4.46. The van der Waals surface area contributed by atoms with Crippen molar-refractivity contribution in [3.05, 3.63) is 21.3 Å². The SMILES string of the molecule is CC1CCC(CNC2CC2)C(c2ccc(Cl)s2)C1. The maximum absolute atomic E-state index is 6.10. The molecular formula is C15H22ClNS. The van der Waals surface area contributed by atoms with Crippen LogP contribution in [0.3, 0.4) is 0 Å². The van der Waals surface area contributed by atoms with Crippen LogP contribution in [0.4, 0.5) is 0 Å². The van der Waals surface area contributed by atoms with Crippen molar-refractivity contribution in [2.45, 2.75) is 51.0 Å². The lowest BCUT2D eigenvalue weighted by Gasteiger charge is -2.34. The molecule has 0 bridgehead atoms. The summed E-state index contributed by atoms with van der Waals surface area (Å²) in [6.45, 7) is 3.60. The minimum absolute atomic E-state index is 0.734. The first-order valence-electron chi connectivity index (χ1n) is 7.21. The number of hydrogen-bond donors (Lipinski definition) is 1. The summed E-state index contributed by atoms with van der Waals surface area (Å²) in [6, 6.07) is 5.14. The highest BCUT2D eigenvalue weighted by Gasteiger charge is 2.32. The molecule has 3 unspecified atom stereocenters. The Labute approximate surface area is 119 Å². The van der Waals surface area contributed by atoms with E-state index < -0.39 is 0 Å². The number of halogens is 1. The Kier molecular flexibility index (Phi) is 3.97. The van der Waals surface area contributed by atoms with Gasteiger partial charge in [0.1, 0.15) is 0 Å². The second-order valence-electron chi connectivity index (χ2n) is 6.11. The molecule has 3 heteroatoms. The van der Waals surface area contributed by atoms with Crippen LogP contribution in [-0.4, -0.2) is 12.6 Å². The van der Waals surface area contributed by atoms with Gasteiger partial charge in [-0.1, -0.05) is 24.9 Å². The molecule has 100 valence electrons. The fourth-order valence-electron chi connectivity index (χ4n) is 3.17. The summed E-state index contributed by atoms with van der Waals surface area (Å²) in [6.07, 6.45) is 6.89. The van der Waals surface area contributed by atoms with Gasteiger partial charge in [0, 0.05) is 10.9 Å². The standard InChI is InChI=1S/C15H22ClNS/c1-10-2-3-11(9-17-12-4-5-12)13(8-10)14-6-7-15(16)18-14/h6-7,10-13,17H,2-5,8-9H2,1H3. The molecule has 2 fully saturated rings. The van der Waals surface area contributed by atoms with Crippen LogP contribution < -0.4 is 5.32 Å². The van der Waals surface area contributed by atoms with Crippen molar-refractivity contribution in [2.75, 3.05) is 6.54 Å². The number of hydrogen-bond acceptors (Lipinski definition) is 2. The molecule has 1 aromatic rings. The van der Waals surface area contributed by atoms with Gasteiger partial charge in [0.15, 0.2) is 0 Å². The van der Waals surface area contributed by atoms with Gasteiger partial charge in [0.25, 0.3) is 0 Å². The molecule has 3 rings (SSSR count). The summed E-state index contributed by atoms with van der Waals surface area (Å²) in [5.41, 5.74) is 0. The van der Waals surface area contributed by atoms with E-state index in [9.17, 15) is 0 Å². The van der Waals surface area contributed by atoms with Crippen molar-refractivity contribution in [1.29, 1.82) is 0 Å². The van der Waals surface area contributed by atoms with Crippen molar-refractivity contribution < 1.29 is 0 Å². The molecule has 0 aliphatic heterocycles. The van der Waals surface area contributed by atoms with E-state index in [0.29, 0.717) is 0 Å². The number of thiophene rings is 1. The third-order valence-corrected chi connectivity index (χ3v) is 5.82. The summed E-state index contributed by atoms with van der Waals surface area (Å²) >= 11 is 7.89. The van der Waals surface area contributed by atoms with Crippen molar-refractivity contribution >= 4 is 22.9 Å². The Hall–Kier alpha value is -0.0500. The summed E-state index contributed by atoms with van der Waals surface area (Å²) in [5.74, 6) is 2.42. The first kappa shape index (κ1) is 13.0. The fourth-order valence-corrected chi connectivity index (χ4v) is 4.44. The van der Waals surface area contributed by atoms with Gasteiger partial charge in [-0.25, -0.2) is 0 Å². The average Bonchev–Trinajstić information content (AvgIpc) is 3.09. The molecule has 0 amide bonds. The predicted octanol–water partition coefficient (Wildman–Crippen LogP) is 4.67. The Morgan fingerprint density at radius 2 is 2.11 bits per heavy atom. The van der Waals surface area contributed by atoms with Crippen molar-refractivity contribution in [3.63, 3.8) is 0 Å². The van der Waals surface area contributed by atoms with Gasteiger partial charge >= 0.3 is 0 Å². The van der Waals surface area contributed by atoms with Gasteiger partial charge in [-0.2, -0.15) is 0 Å². The summed E-state index contributed by atoms with van der Waals surface area (Å²) in [5, 5.41) is 3.72. The average molecular weight is 284 g/mol. The first-order valence-corrected chi connectivity index (χ1v) is 8.40. The van der Waals surface area contributed by atoms with Gasteiger partial charge in [-0.15, -0.1) is 11.3 Å². The highest BCUT2D eigenvalue weighted by Crippen LogP contribution is 2.43. The lowest BCUT2D eigenvalue weighted by atomic mass is 9.74. The first-order chi connectivity index (χ1) is 8.72. The highest BCUT2D eigenvalue weighted by atomic mass is 35.5. The van der Waals surface area contributed by atoms with E-state index in [0.717, 1.165) is 28.1 Å². The Bertz CT molecular complexity index is 399. The lowest BCUT2D eigenvalue weighted by Crippen LogP contribution is -2.32. The van der Waals surface area contributed by atoms with E-state index in [4.69, 9.17) is 11.6 Å². The Balaban J connectivity index is 1.68. The van der Waals surface area contributed by atoms with Gasteiger partial charge < -0.3 is 5.32 Å². The van der Waals surface area contributed by atoms with Crippen molar-refractivity contribution in [1.82, 2.24) is 5.32 Å². The zero-order valence-corrected chi connectivity index (χ0v) is 12.6. The van der Waals surface area contributed by atoms with Gasteiger partial charge in [-0.05, 0) is 62.1 Å². The zero-order chi connectivity index (χ0) is 12.5. The molecule has 2 saturated carbocycles. The Morgan fingerprint density at radius 3 is 2.78 bits per heavy atom. The molecule has 2 aliphatic rings. The van der Waals surface area contributed by atoms with E-state index in [1.54, 1.807) is 11.3 Å². The maximum Gasteiger partial charge on any atom is 0.0931 e. The summed E-state index contributed by atoms with van der Waals surface area (Å²) in [4.78, 5) is 1.51. The molecule has 0 spiro atoms. The van der Waals surface area contributed by atoms with Crippen molar-refractivity contribution in [2.24, 2.45) is 11.8 Å². The monoisotopic (exact) mass is 283 g/mol. The van der Waals surface area contributed by atoms with E-state index in [1.807, 2.05) is 0 Å². The fraction of sp³-hybridized carbons (Fsp3) is 0.733. The lowest BCUT2D eigenvalue weighted by molar-refractivity contribution is 0.244. The minimum Gasteiger partial charge on any atom is -0.314 e. The zero-order valence-electron chi connectivity index (χ0n) is 11.0.